The van der Waals surface area contributed by atoms with Gasteiger partial charge in [-0.05, 0) is 390 Å². The van der Waals surface area contributed by atoms with Crippen molar-refractivity contribution in [1.29, 1.82) is 0 Å². The fraction of sp³-hybridized carbons (Fsp3) is 0.848. The number of hydrogen-bond donors (Lipinski definition) is 3. The van der Waals surface area contributed by atoms with Gasteiger partial charge in [0.1, 0.15) is 29.5 Å². The monoisotopic (exact) mass is 1890 g/mol. The van der Waals surface area contributed by atoms with Gasteiger partial charge in [0.15, 0.2) is 0 Å². The molecule has 0 aromatic rings. The van der Waals surface area contributed by atoms with E-state index in [0.29, 0.717) is 55.7 Å². The number of halogens is 1. The van der Waals surface area contributed by atoms with Gasteiger partial charge in [0, 0.05) is 10.8 Å². The van der Waals surface area contributed by atoms with Crippen LogP contribution in [0.25, 0.3) is 0 Å². The first-order chi connectivity index (χ1) is 57.5. The van der Waals surface area contributed by atoms with Crippen molar-refractivity contribution in [2.24, 2.45) is 136 Å². The maximum Gasteiger partial charge on any atom is 0.322 e. The third-order valence-corrected chi connectivity index (χ3v) is 38.4. The number of esters is 4. The maximum atomic E-state index is 13.2. The van der Waals surface area contributed by atoms with E-state index >= 15 is 0 Å². The number of allylic oxidation sites excluding steroid dienone is 12. The minimum Gasteiger partial charge on any atom is -0.481 e. The largest absolute Gasteiger partial charge is 0.481 e. The van der Waals surface area contributed by atoms with Crippen LogP contribution >= 0.6 is 52.9 Å². The minimum absolute atomic E-state index is 0. The van der Waals surface area contributed by atoms with E-state index in [4.69, 9.17) is 37.5 Å². The van der Waals surface area contributed by atoms with Crippen molar-refractivity contribution in [3.05, 3.63) is 68.4 Å². The van der Waals surface area contributed by atoms with Crippen LogP contribution < -0.4 is 5.73 Å². The number of carboxylic acid groups (broad SMARTS) is 1. The zero-order valence-electron chi connectivity index (χ0n) is 87.7. The summed E-state index contributed by atoms with van der Waals surface area (Å²) in [4.78, 5) is 59.5. The van der Waals surface area contributed by atoms with Crippen LogP contribution in [0.1, 0.15) is 441 Å². The van der Waals surface area contributed by atoms with Crippen molar-refractivity contribution in [2.75, 3.05) is 0 Å². The molecular weight excluding hydrogens is 1690 g/mol. The summed E-state index contributed by atoms with van der Waals surface area (Å²) < 4.78 is 22.7. The van der Waals surface area contributed by atoms with Crippen molar-refractivity contribution < 1.29 is 53.1 Å². The number of ether oxygens (including phenoxy) is 4. The molecule has 12 nitrogen and oxygen atoms in total. The highest BCUT2D eigenvalue weighted by atomic mass is 35.5. The van der Waals surface area contributed by atoms with Crippen LogP contribution in [0.5, 0.6) is 0 Å². The third-order valence-electron chi connectivity index (χ3n) is 38.4. The Morgan fingerprint density at radius 1 is 0.415 bits per heavy atom. The second-order valence-electron chi connectivity index (χ2n) is 50.0. The molecule has 12 aliphatic carbocycles. The lowest BCUT2D eigenvalue weighted by molar-refractivity contribution is -0.177. The lowest BCUT2D eigenvalue weighted by atomic mass is 9.43. The molecule has 12 aliphatic rings. The average Bonchev–Trinajstić information content (AvgIpc) is 1.41. The van der Waals surface area contributed by atoms with E-state index in [1.54, 1.807) is 40.2 Å². The highest BCUT2D eigenvalue weighted by Crippen LogP contribution is 2.77. The summed E-state index contributed by atoms with van der Waals surface area (Å²) in [5.41, 5.74) is 23.0. The molecule has 6 fully saturated rings. The number of fused-ring (bicyclic) bond motifs is 12. The van der Waals surface area contributed by atoms with Crippen molar-refractivity contribution in [3.8, 4) is 0 Å². The number of carbonyl (C=O) groups excluding carboxylic acids is 4. The fourth-order valence-corrected chi connectivity index (χ4v) is 30.7. The standard InChI is InChI=1S/C39H64O4.C33H55NO2.C30H50O.C9H16O4.CH4.B2H3.ClH.3H2S/c1-25(2)14-13-15-26(3)28-18-22-39(12)30-16-17-31-36(8,9)32(20-21-37(31,10)29(30)19-23-38(28,39)11)42-34(41)27(4)24-33(40)43-35(5,6)7;1-21(2)11-10-12-22(3)24-15-19-33(9)26-13-14-27-30(5,6)28(36-29(35)23(4)34)17-18-31(27,7)25(26)16-20-32(24,33)8;1-20(2)10-9-11-21(3)22-14-18-30(8)24-12-13-25-27(4,5)26(31)16-17-28(25,6)23(24)15-19-29(22,30)7;1-6(8(11)12)5-7(10)13-9(2,3)4;;1-2;;;;/h14,26-28,31-32H,13,15-24H2,1-12H3;11,22-24,27-28H,10,12-20,34H2,1-9H3;10,21-22,25-26,31H,9,11-19H2,1-8H3;6H,5H2,1-4H3,(H,11,12);1H4;1H3;1H;3*1H2/q;;;;;-1;;;;/t26-,27-,28-,31?,32+,37-,38-,39+;22-,23+,24-,27?,28+,31-,32-,33+;21-,22-,25?,26+,28-,29-,30+;6-;;;;;;/m1111....../s1. The van der Waals surface area contributed by atoms with Crippen LogP contribution in [0.4, 0.5) is 0 Å². The van der Waals surface area contributed by atoms with Crippen molar-refractivity contribution in [1.82, 2.24) is 0 Å². The summed E-state index contributed by atoms with van der Waals surface area (Å²) >= 11 is 0. The Labute approximate surface area is 826 Å². The maximum absolute atomic E-state index is 13.2. The summed E-state index contributed by atoms with van der Waals surface area (Å²) in [6.45, 7) is 74.5. The topological polar surface area (TPSA) is 189 Å². The van der Waals surface area contributed by atoms with Crippen LogP contribution in [0, 0.1) is 130 Å². The van der Waals surface area contributed by atoms with Gasteiger partial charge in [0.05, 0.1) is 30.8 Å². The number of carbonyl (C=O) groups is 5. The van der Waals surface area contributed by atoms with E-state index in [2.05, 4.69) is 184 Å². The minimum atomic E-state index is -0.981. The summed E-state index contributed by atoms with van der Waals surface area (Å²) in [5, 5.41) is 19.3. The quantitative estimate of drug-likeness (QED) is 0.0428. The van der Waals surface area contributed by atoms with Crippen LogP contribution in [-0.2, 0) is 42.9 Å². The number of carboxylic acids is 1. The molecule has 3 unspecified atom stereocenters. The van der Waals surface area contributed by atoms with Gasteiger partial charge < -0.3 is 34.9 Å². The van der Waals surface area contributed by atoms with Gasteiger partial charge in [-0.15, -0.1) is 12.4 Å². The number of rotatable bonds is 21. The van der Waals surface area contributed by atoms with E-state index in [0.717, 1.165) is 67.6 Å². The molecule has 4 N–H and O–H groups in total. The molecule has 0 bridgehead atoms. The third kappa shape index (κ3) is 24.4. The second kappa shape index (κ2) is 46.1. The van der Waals surface area contributed by atoms with Crippen molar-refractivity contribution >= 4 is 98.2 Å². The van der Waals surface area contributed by atoms with Crippen LogP contribution in [0.15, 0.2) is 68.4 Å². The second-order valence-corrected chi connectivity index (χ2v) is 50.0. The first-order valence-electron chi connectivity index (χ1n) is 50.1. The van der Waals surface area contributed by atoms with Gasteiger partial charge in [-0.2, -0.15) is 48.2 Å². The van der Waals surface area contributed by atoms with Gasteiger partial charge in [-0.1, -0.05) is 222 Å². The normalized spacial score (nSPS) is 35.5. The first kappa shape index (κ1) is 121. The molecule has 0 aliphatic heterocycles. The van der Waals surface area contributed by atoms with Crippen LogP contribution in [0.3, 0.4) is 0 Å². The summed E-state index contributed by atoms with van der Waals surface area (Å²) in [7, 11) is 5.00. The van der Waals surface area contributed by atoms with E-state index in [1.807, 2.05) is 48.6 Å². The molecule has 0 saturated heterocycles. The first-order valence-corrected chi connectivity index (χ1v) is 50.1. The average molecular weight is 1890 g/mol. The van der Waals surface area contributed by atoms with Crippen molar-refractivity contribution in [3.63, 3.8) is 0 Å². The molecule has 750 valence electrons. The van der Waals surface area contributed by atoms with Gasteiger partial charge >= 0.3 is 29.8 Å². The van der Waals surface area contributed by atoms with Gasteiger partial charge in [0.2, 0.25) is 0 Å². The van der Waals surface area contributed by atoms with Crippen LogP contribution in [-0.4, -0.2) is 91.1 Å². The van der Waals surface area contributed by atoms with Gasteiger partial charge in [0.25, 0.3) is 0 Å². The molecule has 0 amide bonds. The number of nitrogens with two attached hydrogens (primary N) is 1. The summed E-state index contributed by atoms with van der Waals surface area (Å²) in [5.74, 6) is 3.05. The molecule has 0 spiro atoms. The molecule has 18 heteroatoms. The predicted molar refractivity (Wildman–Crippen MR) is 568 cm³/mol. The summed E-state index contributed by atoms with van der Waals surface area (Å²) in [6, 6.07) is -0.550. The predicted octanol–water partition coefficient (Wildman–Crippen LogP) is 28.5. The molecule has 0 heterocycles. The zero-order valence-corrected chi connectivity index (χ0v) is 91.5. The lowest BCUT2D eigenvalue weighted by Crippen LogP contribution is -2.56. The number of aliphatic carboxylic acids is 1. The molecule has 6 saturated carbocycles. The lowest BCUT2D eigenvalue weighted by Gasteiger charge is -2.62. The van der Waals surface area contributed by atoms with Crippen LogP contribution in [0.2, 0.25) is 0 Å². The number of hydrogen-bond acceptors (Lipinski definition) is 11. The number of aliphatic hydroxyl groups is 1. The molecule has 2 radical (unpaired) electrons. The van der Waals surface area contributed by atoms with E-state index in [9.17, 15) is 29.1 Å². The highest BCUT2D eigenvalue weighted by Gasteiger charge is 2.68. The van der Waals surface area contributed by atoms with Gasteiger partial charge in [-0.3, -0.25) is 24.0 Å². The Kier molecular flexibility index (Phi) is 43.0. The summed E-state index contributed by atoms with van der Waals surface area (Å²) in [6.07, 6.45) is 44.4. The SMILES string of the molecule is C.CC(C)=CCC[C@@H](C)[C@H]1CC[C@@]2(C)C3=C(CC[C@]12C)[C@@]1(C)CC[C@H](O)C(C)(C)C1CC3.CC(C)=CCC[C@@H](C)[C@H]1CC[C@@]2(C)C3=C(CC[C@]12C)[C@@]1(C)CC[C@H](OC(=O)[C@H](C)CC(=O)OC(C)(C)C)C(C)(C)C1CC3.CC(C)=CCC[C@@H](C)[C@H]1CC[C@@]2(C)C3=C(CC[C@]12C)[C@@]1(C)CC[C@H](OC(=O)[C@H](C)N)C(C)(C)C1CC3.C[C@H](CC(=O)OC(C)(C)C)C(=O)O.Cl.S.S.S.[B][BH3-]. The van der Waals surface area contributed by atoms with E-state index in [1.165, 1.54) is 184 Å². The molecule has 0 aromatic carbocycles. The molecular formula is C112H199B2ClNO11S3-. The highest BCUT2D eigenvalue weighted by molar-refractivity contribution is 7.59. The molecule has 130 heavy (non-hydrogen) atoms. The van der Waals surface area contributed by atoms with Gasteiger partial charge in [-0.25, -0.2) is 0 Å². The Morgan fingerprint density at radius 2 is 0.692 bits per heavy atom. The smallest absolute Gasteiger partial charge is 0.322 e. The fourth-order valence-electron chi connectivity index (χ4n) is 30.7. The van der Waals surface area contributed by atoms with E-state index < -0.39 is 41.0 Å². The Hall–Kier alpha value is -2.82. The molecule has 12 rings (SSSR count). The van der Waals surface area contributed by atoms with E-state index in [-0.39, 0.29) is 144 Å². The van der Waals surface area contributed by atoms with Crippen molar-refractivity contribution in [2.45, 2.75) is 477 Å². The number of aliphatic hydroxyl groups excluding tert-OH is 1. The molecule has 0 aromatic heterocycles. The Morgan fingerprint density at radius 3 is 0.969 bits per heavy atom. The Balaban J connectivity index is 0.000000461. The molecule has 24 atom stereocenters. The zero-order chi connectivity index (χ0) is 94.3. The Bertz CT molecular complexity index is 4020.